The van der Waals surface area contributed by atoms with E-state index in [1.165, 1.54) is 80.4 Å². The van der Waals surface area contributed by atoms with Gasteiger partial charge < -0.3 is 0 Å². The Morgan fingerprint density at radius 3 is 1.91 bits per heavy atom. The highest BCUT2D eigenvalue weighted by molar-refractivity contribution is 7.14. The van der Waals surface area contributed by atoms with Gasteiger partial charge in [-0.2, -0.15) is 0 Å². The molecule has 0 bridgehead atoms. The third-order valence-corrected chi connectivity index (χ3v) is 5.42. The summed E-state index contributed by atoms with van der Waals surface area (Å²) in [6.45, 7) is 6.49. The summed E-state index contributed by atoms with van der Waals surface area (Å²) in [7, 11) is 0. The maximum absolute atomic E-state index is 2.38. The lowest BCUT2D eigenvalue weighted by Gasteiger charge is -2.03. The molecule has 1 heterocycles. The van der Waals surface area contributed by atoms with E-state index in [9.17, 15) is 0 Å². The first-order chi connectivity index (χ1) is 11.3. The van der Waals surface area contributed by atoms with Crippen LogP contribution in [0.15, 0.2) is 18.2 Å². The van der Waals surface area contributed by atoms with Gasteiger partial charge in [0.1, 0.15) is 0 Å². The lowest BCUT2D eigenvalue weighted by Crippen LogP contribution is -1.86. The molecule has 0 saturated heterocycles. The predicted molar refractivity (Wildman–Crippen MR) is 109 cm³/mol. The second-order valence-corrected chi connectivity index (χ2v) is 7.59. The lowest BCUT2D eigenvalue weighted by atomic mass is 10.0. The van der Waals surface area contributed by atoms with Crippen LogP contribution in [-0.2, 0) is 6.42 Å². The van der Waals surface area contributed by atoms with E-state index in [0.29, 0.717) is 0 Å². The van der Waals surface area contributed by atoms with E-state index in [0.717, 1.165) is 0 Å². The van der Waals surface area contributed by atoms with Crippen LogP contribution >= 0.6 is 11.3 Å². The van der Waals surface area contributed by atoms with Crippen LogP contribution < -0.4 is 0 Å². The van der Waals surface area contributed by atoms with E-state index in [1.807, 2.05) is 11.3 Å². The number of aryl methyl sites for hydroxylation is 1. The van der Waals surface area contributed by atoms with E-state index >= 15 is 0 Å². The molecule has 0 unspecified atom stereocenters. The molecule has 0 nitrogen and oxygen atoms in total. The van der Waals surface area contributed by atoms with E-state index < -0.39 is 0 Å². The molecule has 0 aliphatic rings. The van der Waals surface area contributed by atoms with Crippen molar-refractivity contribution in [2.75, 3.05) is 0 Å². The maximum atomic E-state index is 2.38. The van der Waals surface area contributed by atoms with Crippen molar-refractivity contribution in [2.24, 2.45) is 0 Å². The third-order valence-electron chi connectivity index (χ3n) is 4.31. The van der Waals surface area contributed by atoms with Crippen LogP contribution in [0.3, 0.4) is 0 Å². The molecular formula is C22H36S. The Morgan fingerprint density at radius 2 is 1.35 bits per heavy atom. The van der Waals surface area contributed by atoms with Crippen LogP contribution in [0.1, 0.15) is 100 Å². The molecule has 1 heteroatoms. The second kappa shape index (κ2) is 13.6. The van der Waals surface area contributed by atoms with Crippen molar-refractivity contribution < 1.29 is 0 Å². The molecule has 0 spiro atoms. The molecule has 0 radical (unpaired) electrons. The first-order valence-corrected chi connectivity index (χ1v) is 10.5. The fourth-order valence-electron chi connectivity index (χ4n) is 3.00. The molecule has 1 rings (SSSR count). The van der Waals surface area contributed by atoms with E-state index in [4.69, 9.17) is 0 Å². The lowest BCUT2D eigenvalue weighted by molar-refractivity contribution is 0.556. The zero-order valence-electron chi connectivity index (χ0n) is 15.6. The van der Waals surface area contributed by atoms with Gasteiger partial charge in [0.25, 0.3) is 0 Å². The number of allylic oxidation sites excluding steroid dienone is 2. The van der Waals surface area contributed by atoms with Gasteiger partial charge in [0.15, 0.2) is 0 Å². The number of rotatable bonds is 13. The molecule has 1 aromatic rings. The smallest absolute Gasteiger partial charge is 0.0305 e. The molecular weight excluding hydrogens is 296 g/mol. The monoisotopic (exact) mass is 332 g/mol. The van der Waals surface area contributed by atoms with Crippen molar-refractivity contribution in [2.45, 2.75) is 91.4 Å². The number of thiophene rings is 1. The normalized spacial score (nSPS) is 12.0. The number of unbranched alkanes of at least 4 members (excludes halogenated alkanes) is 9. The van der Waals surface area contributed by atoms with Crippen LogP contribution in [-0.4, -0.2) is 0 Å². The number of hydrogen-bond acceptors (Lipinski definition) is 1. The largest absolute Gasteiger partial charge is 0.136 e. The average molecular weight is 333 g/mol. The van der Waals surface area contributed by atoms with Crippen molar-refractivity contribution in [1.29, 1.82) is 0 Å². The van der Waals surface area contributed by atoms with Crippen molar-refractivity contribution in [3.8, 4) is 0 Å². The molecule has 23 heavy (non-hydrogen) atoms. The van der Waals surface area contributed by atoms with Crippen LogP contribution in [0.25, 0.3) is 12.2 Å². The molecule has 0 saturated carbocycles. The highest BCUT2D eigenvalue weighted by Gasteiger charge is 2.05. The summed E-state index contributed by atoms with van der Waals surface area (Å²) in [6, 6.07) is 2.38. The third kappa shape index (κ3) is 9.15. The average Bonchev–Trinajstić information content (AvgIpc) is 2.92. The Kier molecular flexibility index (Phi) is 12.0. The van der Waals surface area contributed by atoms with Crippen LogP contribution in [0, 0.1) is 0 Å². The molecule has 0 aliphatic carbocycles. The van der Waals surface area contributed by atoms with Crippen molar-refractivity contribution in [3.05, 3.63) is 33.5 Å². The Morgan fingerprint density at radius 1 is 0.783 bits per heavy atom. The van der Waals surface area contributed by atoms with Crippen molar-refractivity contribution >= 4 is 23.5 Å². The zero-order valence-corrected chi connectivity index (χ0v) is 16.4. The Balaban J connectivity index is 2.17. The van der Waals surface area contributed by atoms with Crippen LogP contribution in [0.4, 0.5) is 0 Å². The Hall–Kier alpha value is -0.820. The summed E-state index contributed by atoms with van der Waals surface area (Å²) in [5, 5.41) is 0. The van der Waals surface area contributed by atoms with Gasteiger partial charge in [-0.1, -0.05) is 76.9 Å². The molecule has 0 aliphatic heterocycles. The minimum absolute atomic E-state index is 1.24. The summed E-state index contributed by atoms with van der Waals surface area (Å²) in [4.78, 5) is 2.85. The molecule has 0 amide bonds. The van der Waals surface area contributed by atoms with Gasteiger partial charge in [0.2, 0.25) is 0 Å². The molecule has 130 valence electrons. The minimum Gasteiger partial charge on any atom is -0.136 e. The highest BCUT2D eigenvalue weighted by atomic mass is 32.1. The van der Waals surface area contributed by atoms with Gasteiger partial charge in [0, 0.05) is 9.75 Å². The van der Waals surface area contributed by atoms with Gasteiger partial charge in [-0.3, -0.25) is 0 Å². The fraction of sp³-hybridized carbons (Fsp3) is 0.636. The maximum Gasteiger partial charge on any atom is 0.0305 e. The Labute approximate surface area is 148 Å². The topological polar surface area (TPSA) is 0 Å². The van der Waals surface area contributed by atoms with Crippen LogP contribution in [0.5, 0.6) is 0 Å². The molecule has 0 atom stereocenters. The van der Waals surface area contributed by atoms with E-state index in [-0.39, 0.29) is 0 Å². The van der Waals surface area contributed by atoms with Crippen molar-refractivity contribution in [3.63, 3.8) is 0 Å². The standard InChI is InChI=1S/C22H36S/c1-4-7-8-9-10-11-12-13-14-15-18-20-19-21(16-5-2)23-22(20)17-6-3/h5-6,16-17,19H,4,7-15,18H2,1-3H3/b16-5+,17-6+. The summed E-state index contributed by atoms with van der Waals surface area (Å²) < 4.78 is 0. The summed E-state index contributed by atoms with van der Waals surface area (Å²) in [6.07, 6.45) is 24.2. The summed E-state index contributed by atoms with van der Waals surface area (Å²) in [5.41, 5.74) is 1.54. The first-order valence-electron chi connectivity index (χ1n) is 9.69. The van der Waals surface area contributed by atoms with Gasteiger partial charge in [-0.25, -0.2) is 0 Å². The first kappa shape index (κ1) is 20.2. The summed E-state index contributed by atoms with van der Waals surface area (Å²) in [5.74, 6) is 0. The fourth-order valence-corrected chi connectivity index (χ4v) is 4.16. The quantitative estimate of drug-likeness (QED) is 0.319. The zero-order chi connectivity index (χ0) is 16.8. The molecule has 0 fully saturated rings. The SMILES string of the molecule is C/C=C/c1cc(CCCCCCCCCCCC)c(/C=C/C)s1. The van der Waals surface area contributed by atoms with Crippen LogP contribution in [0.2, 0.25) is 0 Å². The second-order valence-electron chi connectivity index (χ2n) is 6.47. The molecule has 0 aromatic carbocycles. The number of hydrogen-bond donors (Lipinski definition) is 0. The van der Waals surface area contributed by atoms with E-state index in [2.05, 4.69) is 51.1 Å². The van der Waals surface area contributed by atoms with E-state index in [1.54, 1.807) is 5.56 Å². The summed E-state index contributed by atoms with van der Waals surface area (Å²) >= 11 is 1.92. The van der Waals surface area contributed by atoms with Gasteiger partial charge in [-0.05, 0) is 50.5 Å². The van der Waals surface area contributed by atoms with Gasteiger partial charge in [0.05, 0.1) is 0 Å². The Bertz CT molecular complexity index is 451. The van der Waals surface area contributed by atoms with Gasteiger partial charge >= 0.3 is 0 Å². The highest BCUT2D eigenvalue weighted by Crippen LogP contribution is 2.27. The molecule has 1 aromatic heterocycles. The minimum atomic E-state index is 1.24. The predicted octanol–water partition coefficient (Wildman–Crippen LogP) is 8.28. The van der Waals surface area contributed by atoms with Gasteiger partial charge in [-0.15, -0.1) is 11.3 Å². The van der Waals surface area contributed by atoms with Crippen molar-refractivity contribution in [1.82, 2.24) is 0 Å². The molecule has 0 N–H and O–H groups in total.